The molecule has 0 bridgehead atoms. The molecule has 1 saturated heterocycles. The van der Waals surface area contributed by atoms with Gasteiger partial charge in [0, 0.05) is 31.5 Å². The summed E-state index contributed by atoms with van der Waals surface area (Å²) >= 11 is 3.24. The van der Waals surface area contributed by atoms with Crippen LogP contribution in [-0.4, -0.2) is 37.8 Å². The van der Waals surface area contributed by atoms with Crippen LogP contribution in [0.15, 0.2) is 47.8 Å². The molecular formula is C18H16N4O3S2. The lowest BCUT2D eigenvalue weighted by molar-refractivity contribution is -0.384. The van der Waals surface area contributed by atoms with Crippen LogP contribution in [0.25, 0.3) is 10.6 Å². The Morgan fingerprint density at radius 2 is 2.07 bits per heavy atom. The van der Waals surface area contributed by atoms with Crippen molar-refractivity contribution in [3.05, 3.63) is 69.2 Å². The average Bonchev–Trinajstić information content (AvgIpc) is 3.41. The molecule has 9 heteroatoms. The minimum absolute atomic E-state index is 0.0480. The van der Waals surface area contributed by atoms with E-state index in [-0.39, 0.29) is 17.0 Å². The quantitative estimate of drug-likeness (QED) is 0.489. The summed E-state index contributed by atoms with van der Waals surface area (Å²) in [5, 5.41) is 17.2. The molecule has 1 atom stereocenters. The highest BCUT2D eigenvalue weighted by atomic mass is 32.2. The molecule has 1 amide bonds. The summed E-state index contributed by atoms with van der Waals surface area (Å²) < 4.78 is 1.62. The first-order chi connectivity index (χ1) is 13.0. The monoisotopic (exact) mass is 400 g/mol. The highest BCUT2D eigenvalue weighted by Crippen LogP contribution is 2.39. The average molecular weight is 400 g/mol. The number of hydrogen-bond donors (Lipinski definition) is 0. The van der Waals surface area contributed by atoms with Crippen molar-refractivity contribution < 1.29 is 9.72 Å². The molecule has 2 aromatic heterocycles. The third-order valence-corrected chi connectivity index (χ3v) is 6.57. The first kappa shape index (κ1) is 17.7. The van der Waals surface area contributed by atoms with Crippen LogP contribution < -0.4 is 0 Å². The highest BCUT2D eigenvalue weighted by molar-refractivity contribution is 7.99. The standard InChI is InChI=1S/C18H16N4O3S2/c1-20-15(11-14(19-20)16-3-2-9-26-16)17(23)21-8-10-27-18(21)12-4-6-13(7-5-12)22(24)25/h2-7,9,11,18H,8,10H2,1H3. The van der Waals surface area contributed by atoms with Gasteiger partial charge in [0.25, 0.3) is 11.6 Å². The van der Waals surface area contributed by atoms with Crippen LogP contribution in [0.1, 0.15) is 21.4 Å². The number of carbonyl (C=O) groups excluding carboxylic acids is 1. The number of aromatic nitrogens is 2. The Morgan fingerprint density at radius 3 is 2.74 bits per heavy atom. The molecule has 1 fully saturated rings. The zero-order valence-corrected chi connectivity index (χ0v) is 16.1. The molecule has 1 aliphatic heterocycles. The number of nitro benzene ring substituents is 1. The molecule has 4 rings (SSSR count). The van der Waals surface area contributed by atoms with Crippen molar-refractivity contribution in [3.63, 3.8) is 0 Å². The predicted molar refractivity (Wildman–Crippen MR) is 106 cm³/mol. The summed E-state index contributed by atoms with van der Waals surface area (Å²) in [5.41, 5.74) is 2.26. The number of nitrogens with zero attached hydrogens (tertiary/aromatic N) is 4. The topological polar surface area (TPSA) is 81.3 Å². The van der Waals surface area contributed by atoms with E-state index in [0.717, 1.165) is 21.9 Å². The van der Waals surface area contributed by atoms with E-state index in [1.807, 2.05) is 23.6 Å². The first-order valence-electron chi connectivity index (χ1n) is 8.29. The summed E-state index contributed by atoms with van der Waals surface area (Å²) in [6.45, 7) is 0.630. The molecular weight excluding hydrogens is 384 g/mol. The largest absolute Gasteiger partial charge is 0.320 e. The predicted octanol–water partition coefficient (Wildman–Crippen LogP) is 3.94. The number of thiophene rings is 1. The fraction of sp³-hybridized carbons (Fsp3) is 0.222. The van der Waals surface area contributed by atoms with E-state index >= 15 is 0 Å². The Kier molecular flexibility index (Phi) is 4.71. The molecule has 1 aliphatic rings. The number of nitro groups is 1. The van der Waals surface area contributed by atoms with Crippen molar-refractivity contribution in [3.8, 4) is 10.6 Å². The van der Waals surface area contributed by atoms with Crippen molar-refractivity contribution >= 4 is 34.7 Å². The maximum Gasteiger partial charge on any atom is 0.273 e. The van der Waals surface area contributed by atoms with Gasteiger partial charge in [0.05, 0.1) is 9.80 Å². The molecule has 0 spiro atoms. The number of hydrogen-bond acceptors (Lipinski definition) is 6. The maximum atomic E-state index is 13.2. The fourth-order valence-corrected chi connectivity index (χ4v) is 5.01. The second-order valence-corrected chi connectivity index (χ2v) is 8.22. The Bertz CT molecular complexity index is 983. The van der Waals surface area contributed by atoms with E-state index in [1.54, 1.807) is 51.9 Å². The van der Waals surface area contributed by atoms with Gasteiger partial charge in [-0.3, -0.25) is 19.6 Å². The van der Waals surface area contributed by atoms with Crippen LogP contribution in [0.5, 0.6) is 0 Å². The molecule has 7 nitrogen and oxygen atoms in total. The molecule has 3 heterocycles. The molecule has 0 saturated carbocycles. The summed E-state index contributed by atoms with van der Waals surface area (Å²) in [6, 6.07) is 12.2. The summed E-state index contributed by atoms with van der Waals surface area (Å²) in [6.07, 6.45) is 0. The number of non-ortho nitro benzene ring substituents is 1. The normalized spacial score (nSPS) is 16.6. The van der Waals surface area contributed by atoms with E-state index in [0.29, 0.717) is 12.2 Å². The third kappa shape index (κ3) is 3.35. The summed E-state index contributed by atoms with van der Waals surface area (Å²) in [7, 11) is 1.77. The Labute approximate surface area is 163 Å². The minimum Gasteiger partial charge on any atom is -0.320 e. The number of rotatable bonds is 4. The number of amides is 1. The zero-order chi connectivity index (χ0) is 19.0. The van der Waals surface area contributed by atoms with Crippen LogP contribution in [0.3, 0.4) is 0 Å². The van der Waals surface area contributed by atoms with Crippen molar-refractivity contribution in [1.29, 1.82) is 0 Å². The van der Waals surface area contributed by atoms with Crippen LogP contribution in [0.4, 0.5) is 5.69 Å². The number of carbonyl (C=O) groups is 1. The van der Waals surface area contributed by atoms with Gasteiger partial charge in [-0.15, -0.1) is 23.1 Å². The minimum atomic E-state index is -0.420. The summed E-state index contributed by atoms with van der Waals surface area (Å²) in [4.78, 5) is 26.4. The maximum absolute atomic E-state index is 13.2. The molecule has 1 aromatic carbocycles. The Hall–Kier alpha value is -2.65. The SMILES string of the molecule is Cn1nc(-c2cccs2)cc1C(=O)N1CCSC1c1ccc([N+](=O)[O-])cc1. The zero-order valence-electron chi connectivity index (χ0n) is 14.4. The molecule has 138 valence electrons. The van der Waals surface area contributed by atoms with Crippen molar-refractivity contribution in [2.75, 3.05) is 12.3 Å². The van der Waals surface area contributed by atoms with Gasteiger partial charge in [-0.05, 0) is 35.2 Å². The molecule has 27 heavy (non-hydrogen) atoms. The van der Waals surface area contributed by atoms with E-state index < -0.39 is 4.92 Å². The third-order valence-electron chi connectivity index (χ3n) is 4.41. The van der Waals surface area contributed by atoms with Crippen molar-refractivity contribution in [2.45, 2.75) is 5.37 Å². The lowest BCUT2D eigenvalue weighted by Crippen LogP contribution is -2.31. The molecule has 0 aliphatic carbocycles. The van der Waals surface area contributed by atoms with Crippen LogP contribution >= 0.6 is 23.1 Å². The lowest BCUT2D eigenvalue weighted by Gasteiger charge is -2.24. The Morgan fingerprint density at radius 1 is 1.30 bits per heavy atom. The lowest BCUT2D eigenvalue weighted by atomic mass is 10.2. The van der Waals surface area contributed by atoms with Gasteiger partial charge in [0.2, 0.25) is 0 Å². The van der Waals surface area contributed by atoms with E-state index in [1.165, 1.54) is 12.1 Å². The second kappa shape index (κ2) is 7.16. The van der Waals surface area contributed by atoms with Gasteiger partial charge in [-0.2, -0.15) is 5.10 Å². The van der Waals surface area contributed by atoms with E-state index in [4.69, 9.17) is 0 Å². The fourth-order valence-electron chi connectivity index (χ4n) is 3.07. The van der Waals surface area contributed by atoms with Gasteiger partial charge in [0.1, 0.15) is 16.8 Å². The van der Waals surface area contributed by atoms with Gasteiger partial charge >= 0.3 is 0 Å². The van der Waals surface area contributed by atoms with Crippen LogP contribution in [0, 0.1) is 10.1 Å². The molecule has 0 radical (unpaired) electrons. The number of aryl methyl sites for hydroxylation is 1. The summed E-state index contributed by atoms with van der Waals surface area (Å²) in [5.74, 6) is 0.740. The van der Waals surface area contributed by atoms with Crippen molar-refractivity contribution in [2.24, 2.45) is 7.05 Å². The van der Waals surface area contributed by atoms with Crippen LogP contribution in [0.2, 0.25) is 0 Å². The smallest absolute Gasteiger partial charge is 0.273 e. The number of benzene rings is 1. The van der Waals surface area contributed by atoms with Crippen molar-refractivity contribution in [1.82, 2.24) is 14.7 Å². The first-order valence-corrected chi connectivity index (χ1v) is 10.2. The van der Waals surface area contributed by atoms with E-state index in [2.05, 4.69) is 5.10 Å². The van der Waals surface area contributed by atoms with Gasteiger partial charge in [-0.1, -0.05) is 6.07 Å². The van der Waals surface area contributed by atoms with E-state index in [9.17, 15) is 14.9 Å². The molecule has 0 N–H and O–H groups in total. The van der Waals surface area contributed by atoms with Crippen LogP contribution in [-0.2, 0) is 7.05 Å². The van der Waals surface area contributed by atoms with Gasteiger partial charge < -0.3 is 4.90 Å². The second-order valence-electron chi connectivity index (χ2n) is 6.09. The molecule has 3 aromatic rings. The highest BCUT2D eigenvalue weighted by Gasteiger charge is 2.33. The Balaban J connectivity index is 1.60. The van der Waals surface area contributed by atoms with Gasteiger partial charge in [0.15, 0.2) is 0 Å². The molecule has 1 unspecified atom stereocenters. The number of thioether (sulfide) groups is 1. The van der Waals surface area contributed by atoms with Gasteiger partial charge in [-0.25, -0.2) is 0 Å².